The maximum Gasteiger partial charge on any atom is 0.307 e. The number of rotatable bonds is 3. The highest BCUT2D eigenvalue weighted by molar-refractivity contribution is 5.67. The van der Waals surface area contributed by atoms with E-state index in [2.05, 4.69) is 23.8 Å². The van der Waals surface area contributed by atoms with Crippen LogP contribution in [0.25, 0.3) is 6.08 Å². The molecule has 0 heterocycles. The summed E-state index contributed by atoms with van der Waals surface area (Å²) in [5.41, 5.74) is 2.33. The third-order valence-electron chi connectivity index (χ3n) is 1.88. The van der Waals surface area contributed by atoms with Crippen molar-refractivity contribution in [3.05, 3.63) is 41.7 Å². The van der Waals surface area contributed by atoms with Gasteiger partial charge in [-0.3, -0.25) is 4.79 Å². The van der Waals surface area contributed by atoms with Crippen LogP contribution in [0.4, 0.5) is 0 Å². The van der Waals surface area contributed by atoms with E-state index in [1.165, 1.54) is 18.7 Å². The minimum atomic E-state index is -0.300. The molecule has 0 N–H and O–H groups in total. The first kappa shape index (κ1) is 10.5. The second-order valence-corrected chi connectivity index (χ2v) is 3.01. The molecule has 0 aromatic heterocycles. The molecule has 0 saturated carbocycles. The Morgan fingerprint density at radius 1 is 1.36 bits per heavy atom. The van der Waals surface area contributed by atoms with Gasteiger partial charge in [0.15, 0.2) is 0 Å². The smallest absolute Gasteiger partial charge is 0.307 e. The van der Waals surface area contributed by atoms with Crippen LogP contribution in [0.2, 0.25) is 0 Å². The van der Waals surface area contributed by atoms with Crippen molar-refractivity contribution in [2.45, 2.75) is 20.3 Å². The molecule has 1 rings (SSSR count). The molecule has 0 unspecified atom stereocenters. The average molecular weight is 190 g/mol. The number of esters is 1. The standard InChI is InChI=1S/C12H14O2/c1-3-11-4-6-12(7-5-11)8-9-14-10(2)13/h4-9H,3H2,1-2H3/b9-8+. The lowest BCUT2D eigenvalue weighted by Crippen LogP contribution is -1.89. The fourth-order valence-electron chi connectivity index (χ4n) is 1.07. The van der Waals surface area contributed by atoms with Gasteiger partial charge in [0, 0.05) is 6.92 Å². The molecule has 1 aromatic carbocycles. The molecule has 2 heteroatoms. The normalized spacial score (nSPS) is 10.4. The van der Waals surface area contributed by atoms with E-state index in [0.29, 0.717) is 0 Å². The van der Waals surface area contributed by atoms with Crippen LogP contribution in [0.5, 0.6) is 0 Å². The van der Waals surface area contributed by atoms with E-state index in [1.807, 2.05) is 12.1 Å². The first-order valence-corrected chi connectivity index (χ1v) is 4.65. The molecule has 0 atom stereocenters. The second-order valence-electron chi connectivity index (χ2n) is 3.01. The molecule has 74 valence electrons. The number of aryl methyl sites for hydroxylation is 1. The van der Waals surface area contributed by atoms with E-state index in [9.17, 15) is 4.79 Å². The van der Waals surface area contributed by atoms with Gasteiger partial charge in [0.05, 0.1) is 6.26 Å². The summed E-state index contributed by atoms with van der Waals surface area (Å²) in [6.45, 7) is 3.49. The van der Waals surface area contributed by atoms with Crippen LogP contribution in [0, 0.1) is 0 Å². The SMILES string of the molecule is CCc1ccc(/C=C/OC(C)=O)cc1. The maximum atomic E-state index is 10.5. The molecular formula is C12H14O2. The molecule has 1 aromatic rings. The molecule has 0 bridgehead atoms. The van der Waals surface area contributed by atoms with Gasteiger partial charge in [-0.15, -0.1) is 0 Å². The Balaban J connectivity index is 2.59. The molecule has 0 spiro atoms. The molecule has 0 aliphatic heterocycles. The summed E-state index contributed by atoms with van der Waals surface area (Å²) < 4.78 is 4.68. The Labute approximate surface area is 84.2 Å². The number of carbonyl (C=O) groups excluding carboxylic acids is 1. The van der Waals surface area contributed by atoms with Crippen LogP contribution < -0.4 is 0 Å². The third kappa shape index (κ3) is 3.44. The molecule has 0 amide bonds. The predicted molar refractivity (Wildman–Crippen MR) is 56.6 cm³/mol. The fraction of sp³-hybridized carbons (Fsp3) is 0.250. The Bertz CT molecular complexity index is 323. The van der Waals surface area contributed by atoms with Gasteiger partial charge >= 0.3 is 5.97 Å². The van der Waals surface area contributed by atoms with Crippen molar-refractivity contribution < 1.29 is 9.53 Å². The highest BCUT2D eigenvalue weighted by atomic mass is 16.5. The van der Waals surface area contributed by atoms with Crippen molar-refractivity contribution in [1.29, 1.82) is 0 Å². The third-order valence-corrected chi connectivity index (χ3v) is 1.88. The Kier molecular flexibility index (Phi) is 3.92. The molecule has 14 heavy (non-hydrogen) atoms. The van der Waals surface area contributed by atoms with Crippen molar-refractivity contribution >= 4 is 12.0 Å². The van der Waals surface area contributed by atoms with Crippen molar-refractivity contribution in [1.82, 2.24) is 0 Å². The lowest BCUT2D eigenvalue weighted by molar-refractivity contribution is -0.135. The molecule has 0 aliphatic carbocycles. The quantitative estimate of drug-likeness (QED) is 0.541. The summed E-state index contributed by atoms with van der Waals surface area (Å²) >= 11 is 0. The topological polar surface area (TPSA) is 26.3 Å². The highest BCUT2D eigenvalue weighted by Crippen LogP contribution is 2.06. The summed E-state index contributed by atoms with van der Waals surface area (Å²) in [5.74, 6) is -0.300. The molecular weight excluding hydrogens is 176 g/mol. The van der Waals surface area contributed by atoms with E-state index < -0.39 is 0 Å². The lowest BCUT2D eigenvalue weighted by Gasteiger charge is -1.97. The van der Waals surface area contributed by atoms with Crippen LogP contribution in [0.3, 0.4) is 0 Å². The van der Waals surface area contributed by atoms with Gasteiger partial charge in [0.25, 0.3) is 0 Å². The number of carbonyl (C=O) groups is 1. The van der Waals surface area contributed by atoms with Gasteiger partial charge in [-0.05, 0) is 23.6 Å². The molecule has 2 nitrogen and oxygen atoms in total. The Hall–Kier alpha value is -1.57. The monoisotopic (exact) mass is 190 g/mol. The van der Waals surface area contributed by atoms with Gasteiger partial charge in [-0.2, -0.15) is 0 Å². The van der Waals surface area contributed by atoms with Crippen molar-refractivity contribution in [3.63, 3.8) is 0 Å². The number of hydrogen-bond donors (Lipinski definition) is 0. The van der Waals surface area contributed by atoms with Gasteiger partial charge in [-0.1, -0.05) is 31.2 Å². The first-order valence-electron chi connectivity index (χ1n) is 4.65. The Morgan fingerprint density at radius 3 is 2.50 bits per heavy atom. The zero-order valence-corrected chi connectivity index (χ0v) is 8.49. The molecule has 0 radical (unpaired) electrons. The number of hydrogen-bond acceptors (Lipinski definition) is 2. The van der Waals surface area contributed by atoms with E-state index in [-0.39, 0.29) is 5.97 Å². The fourth-order valence-corrected chi connectivity index (χ4v) is 1.07. The highest BCUT2D eigenvalue weighted by Gasteiger charge is 1.89. The summed E-state index contributed by atoms with van der Waals surface area (Å²) in [5, 5.41) is 0. The first-order chi connectivity index (χ1) is 6.72. The maximum absolute atomic E-state index is 10.5. The van der Waals surface area contributed by atoms with E-state index >= 15 is 0 Å². The molecule has 0 aliphatic rings. The molecule has 0 saturated heterocycles. The van der Waals surface area contributed by atoms with Crippen molar-refractivity contribution in [2.75, 3.05) is 0 Å². The van der Waals surface area contributed by atoms with E-state index in [4.69, 9.17) is 0 Å². The summed E-state index contributed by atoms with van der Waals surface area (Å²) in [6.07, 6.45) is 4.21. The van der Waals surface area contributed by atoms with Gasteiger partial charge in [0.1, 0.15) is 0 Å². The summed E-state index contributed by atoms with van der Waals surface area (Å²) in [6, 6.07) is 8.12. The minimum Gasteiger partial charge on any atom is -0.435 e. The van der Waals surface area contributed by atoms with Crippen LogP contribution in [0.15, 0.2) is 30.5 Å². The van der Waals surface area contributed by atoms with Gasteiger partial charge in [-0.25, -0.2) is 0 Å². The van der Waals surface area contributed by atoms with Crippen LogP contribution in [0.1, 0.15) is 25.0 Å². The van der Waals surface area contributed by atoms with Crippen molar-refractivity contribution in [3.8, 4) is 0 Å². The van der Waals surface area contributed by atoms with Crippen molar-refractivity contribution in [2.24, 2.45) is 0 Å². The predicted octanol–water partition coefficient (Wildman–Crippen LogP) is 2.78. The van der Waals surface area contributed by atoms with Crippen LogP contribution in [-0.4, -0.2) is 5.97 Å². The summed E-state index contributed by atoms with van der Waals surface area (Å²) in [7, 11) is 0. The Morgan fingerprint density at radius 2 is 2.00 bits per heavy atom. The second kappa shape index (κ2) is 5.22. The molecule has 0 fully saturated rings. The van der Waals surface area contributed by atoms with E-state index in [1.54, 1.807) is 6.08 Å². The van der Waals surface area contributed by atoms with Crippen LogP contribution in [-0.2, 0) is 16.0 Å². The zero-order valence-electron chi connectivity index (χ0n) is 8.49. The minimum absolute atomic E-state index is 0.300. The lowest BCUT2D eigenvalue weighted by atomic mass is 10.1. The average Bonchev–Trinajstić information content (AvgIpc) is 2.18. The van der Waals surface area contributed by atoms with E-state index in [0.717, 1.165) is 12.0 Å². The van der Waals surface area contributed by atoms with Gasteiger partial charge in [0.2, 0.25) is 0 Å². The zero-order chi connectivity index (χ0) is 10.4. The largest absolute Gasteiger partial charge is 0.435 e. The number of benzene rings is 1. The summed E-state index contributed by atoms with van der Waals surface area (Å²) in [4.78, 5) is 10.5. The van der Waals surface area contributed by atoms with Crippen LogP contribution >= 0.6 is 0 Å². The van der Waals surface area contributed by atoms with Gasteiger partial charge < -0.3 is 4.74 Å². The number of ether oxygens (including phenoxy) is 1.